The summed E-state index contributed by atoms with van der Waals surface area (Å²) in [7, 11) is 0. The maximum absolute atomic E-state index is 12.3. The van der Waals surface area contributed by atoms with Crippen molar-refractivity contribution in [3.8, 4) is 0 Å². The fourth-order valence-electron chi connectivity index (χ4n) is 2.90. The molecule has 3 heterocycles. The molecule has 0 spiro atoms. The van der Waals surface area contributed by atoms with Crippen molar-refractivity contribution in [1.82, 2.24) is 9.80 Å². The van der Waals surface area contributed by atoms with Gasteiger partial charge in [-0.25, -0.2) is 0 Å². The van der Waals surface area contributed by atoms with Gasteiger partial charge in [0.1, 0.15) is 5.76 Å². The molecule has 1 aromatic rings. The van der Waals surface area contributed by atoms with Gasteiger partial charge in [0.15, 0.2) is 0 Å². The molecular formula is C14H20N2O3. The van der Waals surface area contributed by atoms with Gasteiger partial charge in [-0.05, 0) is 31.5 Å². The molecule has 3 rings (SSSR count). The van der Waals surface area contributed by atoms with Crippen molar-refractivity contribution >= 4 is 5.91 Å². The number of carbonyl (C=O) groups excluding carboxylic acids is 1. The van der Waals surface area contributed by atoms with Crippen LogP contribution in [0, 0.1) is 0 Å². The minimum Gasteiger partial charge on any atom is -0.468 e. The molecule has 2 aliphatic heterocycles. The number of hydrogen-bond donors (Lipinski definition) is 0. The number of likely N-dealkylation sites (tertiary alicyclic amines) is 1. The lowest BCUT2D eigenvalue weighted by Gasteiger charge is -2.30. The van der Waals surface area contributed by atoms with E-state index >= 15 is 0 Å². The highest BCUT2D eigenvalue weighted by atomic mass is 16.5. The van der Waals surface area contributed by atoms with Crippen molar-refractivity contribution in [2.24, 2.45) is 0 Å². The van der Waals surface area contributed by atoms with E-state index in [2.05, 4.69) is 4.90 Å². The molecular weight excluding hydrogens is 244 g/mol. The van der Waals surface area contributed by atoms with Crippen molar-refractivity contribution in [3.63, 3.8) is 0 Å². The third kappa shape index (κ3) is 2.82. The molecule has 0 N–H and O–H groups in total. The molecule has 5 heteroatoms. The average Bonchev–Trinajstić information content (AvgIpc) is 3.10. The van der Waals surface area contributed by atoms with Gasteiger partial charge in [0.2, 0.25) is 5.91 Å². The van der Waals surface area contributed by atoms with Crippen molar-refractivity contribution < 1.29 is 13.9 Å². The molecule has 0 aromatic carbocycles. The van der Waals surface area contributed by atoms with Crippen LogP contribution in [0.4, 0.5) is 0 Å². The Morgan fingerprint density at radius 3 is 2.89 bits per heavy atom. The standard InChI is InChI=1S/C14H20N2O3/c17-14(15-6-9-18-10-7-15)11-16-5-1-3-12(16)13-4-2-8-19-13/h2,4,8,12H,1,3,5-7,9-11H2/t12-/m0/s1. The first kappa shape index (κ1) is 12.7. The zero-order chi connectivity index (χ0) is 13.1. The summed E-state index contributed by atoms with van der Waals surface area (Å²) in [5.74, 6) is 1.19. The Kier molecular flexibility index (Phi) is 3.84. The Bertz CT molecular complexity index is 412. The van der Waals surface area contributed by atoms with Crippen LogP contribution in [0.25, 0.3) is 0 Å². The normalized spacial score (nSPS) is 24.8. The van der Waals surface area contributed by atoms with Gasteiger partial charge in [-0.15, -0.1) is 0 Å². The summed E-state index contributed by atoms with van der Waals surface area (Å²) >= 11 is 0. The Morgan fingerprint density at radius 2 is 2.16 bits per heavy atom. The number of nitrogens with zero attached hydrogens (tertiary/aromatic N) is 2. The molecule has 2 aliphatic rings. The third-order valence-electron chi connectivity index (χ3n) is 3.94. The smallest absolute Gasteiger partial charge is 0.236 e. The van der Waals surface area contributed by atoms with Crippen LogP contribution in [-0.2, 0) is 9.53 Å². The summed E-state index contributed by atoms with van der Waals surface area (Å²) in [5, 5.41) is 0. The maximum Gasteiger partial charge on any atom is 0.236 e. The molecule has 19 heavy (non-hydrogen) atoms. The lowest BCUT2D eigenvalue weighted by molar-refractivity contribution is -0.136. The third-order valence-corrected chi connectivity index (χ3v) is 3.94. The second-order valence-electron chi connectivity index (χ2n) is 5.14. The van der Waals surface area contributed by atoms with Gasteiger partial charge in [0.25, 0.3) is 0 Å². The number of furan rings is 1. The highest BCUT2D eigenvalue weighted by Gasteiger charge is 2.30. The molecule has 0 bridgehead atoms. The van der Waals surface area contributed by atoms with Gasteiger partial charge in [-0.2, -0.15) is 0 Å². The average molecular weight is 264 g/mol. The first-order valence-electron chi connectivity index (χ1n) is 6.97. The minimum absolute atomic E-state index is 0.210. The molecule has 1 atom stereocenters. The quantitative estimate of drug-likeness (QED) is 0.825. The Labute approximate surface area is 113 Å². The van der Waals surface area contributed by atoms with Crippen molar-refractivity contribution in [1.29, 1.82) is 0 Å². The molecule has 5 nitrogen and oxygen atoms in total. The Morgan fingerprint density at radius 1 is 1.32 bits per heavy atom. The number of amides is 1. The van der Waals surface area contributed by atoms with Crippen LogP contribution in [0.15, 0.2) is 22.8 Å². The van der Waals surface area contributed by atoms with E-state index in [4.69, 9.17) is 9.15 Å². The number of carbonyl (C=O) groups is 1. The van der Waals surface area contributed by atoms with E-state index in [0.29, 0.717) is 19.8 Å². The largest absolute Gasteiger partial charge is 0.468 e. The topological polar surface area (TPSA) is 45.9 Å². The lowest BCUT2D eigenvalue weighted by atomic mass is 10.1. The van der Waals surface area contributed by atoms with E-state index < -0.39 is 0 Å². The van der Waals surface area contributed by atoms with Crippen molar-refractivity contribution in [2.75, 3.05) is 39.4 Å². The zero-order valence-electron chi connectivity index (χ0n) is 11.1. The van der Waals surface area contributed by atoms with E-state index in [-0.39, 0.29) is 11.9 Å². The molecule has 1 aromatic heterocycles. The first-order valence-corrected chi connectivity index (χ1v) is 6.97. The fraction of sp³-hybridized carbons (Fsp3) is 0.643. The van der Waals surface area contributed by atoms with Gasteiger partial charge in [-0.1, -0.05) is 0 Å². The number of rotatable bonds is 3. The molecule has 1 amide bonds. The molecule has 2 saturated heterocycles. The van der Waals surface area contributed by atoms with Crippen LogP contribution >= 0.6 is 0 Å². The van der Waals surface area contributed by atoms with E-state index in [1.165, 1.54) is 0 Å². The lowest BCUT2D eigenvalue weighted by Crippen LogP contribution is -2.45. The SMILES string of the molecule is O=C(CN1CCC[C@H]1c1ccco1)N1CCOCC1. The van der Waals surface area contributed by atoms with Crippen LogP contribution < -0.4 is 0 Å². The monoisotopic (exact) mass is 264 g/mol. The molecule has 0 radical (unpaired) electrons. The summed E-state index contributed by atoms with van der Waals surface area (Å²) in [6.07, 6.45) is 3.90. The second-order valence-corrected chi connectivity index (χ2v) is 5.14. The number of ether oxygens (including phenoxy) is 1. The van der Waals surface area contributed by atoms with Crippen molar-refractivity contribution in [3.05, 3.63) is 24.2 Å². The van der Waals surface area contributed by atoms with Crippen LogP contribution in [0.5, 0.6) is 0 Å². The minimum atomic E-state index is 0.210. The molecule has 0 unspecified atom stereocenters. The Balaban J connectivity index is 1.60. The number of morpholine rings is 1. The van der Waals surface area contributed by atoms with E-state index in [1.807, 2.05) is 17.0 Å². The predicted molar refractivity (Wildman–Crippen MR) is 69.7 cm³/mol. The van der Waals surface area contributed by atoms with Gasteiger partial charge >= 0.3 is 0 Å². The van der Waals surface area contributed by atoms with Crippen LogP contribution in [-0.4, -0.2) is 55.1 Å². The fourth-order valence-corrected chi connectivity index (χ4v) is 2.90. The van der Waals surface area contributed by atoms with Gasteiger partial charge in [0, 0.05) is 13.1 Å². The summed E-state index contributed by atoms with van der Waals surface area (Å²) in [5.41, 5.74) is 0. The first-order chi connectivity index (χ1) is 9.34. The highest BCUT2D eigenvalue weighted by molar-refractivity contribution is 5.78. The van der Waals surface area contributed by atoms with Gasteiger partial charge in [-0.3, -0.25) is 9.69 Å². The summed E-state index contributed by atoms with van der Waals surface area (Å²) in [4.78, 5) is 16.4. The van der Waals surface area contributed by atoms with Crippen LogP contribution in [0.3, 0.4) is 0 Å². The highest BCUT2D eigenvalue weighted by Crippen LogP contribution is 2.31. The summed E-state index contributed by atoms with van der Waals surface area (Å²) in [6, 6.07) is 4.18. The van der Waals surface area contributed by atoms with E-state index in [1.54, 1.807) is 6.26 Å². The van der Waals surface area contributed by atoms with Crippen LogP contribution in [0.1, 0.15) is 24.6 Å². The van der Waals surface area contributed by atoms with E-state index in [9.17, 15) is 4.79 Å². The Hall–Kier alpha value is -1.33. The van der Waals surface area contributed by atoms with Gasteiger partial charge < -0.3 is 14.1 Å². The molecule has 104 valence electrons. The molecule has 0 aliphatic carbocycles. The number of hydrogen-bond acceptors (Lipinski definition) is 4. The second kappa shape index (κ2) is 5.75. The zero-order valence-corrected chi connectivity index (χ0v) is 11.1. The molecule has 0 saturated carbocycles. The van der Waals surface area contributed by atoms with Crippen molar-refractivity contribution in [2.45, 2.75) is 18.9 Å². The molecule has 2 fully saturated rings. The van der Waals surface area contributed by atoms with Crippen LogP contribution in [0.2, 0.25) is 0 Å². The predicted octanol–water partition coefficient (Wildman–Crippen LogP) is 1.28. The maximum atomic E-state index is 12.3. The van der Waals surface area contributed by atoms with E-state index in [0.717, 1.165) is 38.2 Å². The summed E-state index contributed by atoms with van der Waals surface area (Å²) < 4.78 is 10.8. The summed E-state index contributed by atoms with van der Waals surface area (Å²) in [6.45, 7) is 4.23. The van der Waals surface area contributed by atoms with Gasteiger partial charge in [0.05, 0.1) is 32.1 Å².